The van der Waals surface area contributed by atoms with Gasteiger partial charge < -0.3 is 0 Å². The number of hydrogen-bond acceptors (Lipinski definition) is 1. The van der Waals surface area contributed by atoms with E-state index in [4.69, 9.17) is 0 Å². The molecule has 0 radical (unpaired) electrons. The molecule has 1 nitrogen and oxygen atoms in total. The molecule has 10 heavy (non-hydrogen) atoms. The molecule has 0 aliphatic heterocycles. The van der Waals surface area contributed by atoms with E-state index in [-0.39, 0.29) is 5.57 Å². The second-order valence-corrected chi connectivity index (χ2v) is 1.88. The number of carbonyl (C=O) groups is 1. The summed E-state index contributed by atoms with van der Waals surface area (Å²) in [7, 11) is 0. The zero-order valence-corrected chi connectivity index (χ0v) is 5.82. The predicted octanol–water partition coefficient (Wildman–Crippen LogP) is 2.30. The van der Waals surface area contributed by atoms with Gasteiger partial charge >= 0.3 is 0 Å². The van der Waals surface area contributed by atoms with Gasteiger partial charge in [-0.3, -0.25) is 4.79 Å². The second-order valence-electron chi connectivity index (χ2n) is 1.88. The van der Waals surface area contributed by atoms with Gasteiger partial charge in [-0.15, -0.1) is 0 Å². The molecule has 0 atom stereocenters. The third kappa shape index (κ3) is 3.12. The van der Waals surface area contributed by atoms with Crippen LogP contribution in [0.1, 0.15) is 13.8 Å². The molecule has 56 valence electrons. The van der Waals surface area contributed by atoms with Crippen LogP contribution in [0, 0.1) is 0 Å². The number of hydrogen-bond donors (Lipinski definition) is 0. The van der Waals surface area contributed by atoms with E-state index >= 15 is 0 Å². The van der Waals surface area contributed by atoms with Gasteiger partial charge in [-0.1, -0.05) is 0 Å². The van der Waals surface area contributed by atoms with Crippen molar-refractivity contribution in [3.05, 3.63) is 23.3 Å². The molecule has 0 unspecified atom stereocenters. The smallest absolute Gasteiger partial charge is 0.148 e. The van der Waals surface area contributed by atoms with Crippen molar-refractivity contribution in [2.45, 2.75) is 13.8 Å². The normalized spacial score (nSPS) is 14.6. The molecular formula is C7H8F2O. The van der Waals surface area contributed by atoms with Gasteiger partial charge in [-0.25, -0.2) is 8.78 Å². The van der Waals surface area contributed by atoms with Gasteiger partial charge in [-0.05, 0) is 13.8 Å². The third-order valence-electron chi connectivity index (χ3n) is 0.879. The first kappa shape index (κ1) is 9.01. The molecule has 0 heterocycles. The van der Waals surface area contributed by atoms with E-state index in [0.717, 1.165) is 6.92 Å². The van der Waals surface area contributed by atoms with Crippen LogP contribution >= 0.6 is 0 Å². The van der Waals surface area contributed by atoms with Crippen LogP contribution in [0.5, 0.6) is 0 Å². The molecule has 0 aliphatic rings. The quantitative estimate of drug-likeness (QED) is 0.332. The molecule has 0 aromatic carbocycles. The summed E-state index contributed by atoms with van der Waals surface area (Å²) < 4.78 is 24.3. The molecule has 0 saturated carbocycles. The minimum atomic E-state index is -0.824. The van der Waals surface area contributed by atoms with E-state index in [1.165, 1.54) is 6.92 Å². The molecule has 0 aromatic heterocycles. The second kappa shape index (κ2) is 3.93. The summed E-state index contributed by atoms with van der Waals surface area (Å²) in [4.78, 5) is 9.88. The largest absolute Gasteiger partial charge is 0.298 e. The Morgan fingerprint density at radius 2 is 1.80 bits per heavy atom. The fraction of sp³-hybridized carbons (Fsp3) is 0.286. The summed E-state index contributed by atoms with van der Waals surface area (Å²) in [6.07, 6.45) is 1.01. The highest BCUT2D eigenvalue weighted by molar-refractivity contribution is 5.73. The maximum absolute atomic E-state index is 12.4. The van der Waals surface area contributed by atoms with Crippen LogP contribution in [0.25, 0.3) is 0 Å². The van der Waals surface area contributed by atoms with Gasteiger partial charge in [-0.2, -0.15) is 0 Å². The molecule has 0 spiro atoms. The van der Waals surface area contributed by atoms with Gasteiger partial charge in [0.15, 0.2) is 0 Å². The molecule has 0 bridgehead atoms. The Morgan fingerprint density at radius 1 is 1.30 bits per heavy atom. The van der Waals surface area contributed by atoms with Crippen LogP contribution < -0.4 is 0 Å². The Kier molecular flexibility index (Phi) is 3.54. The fourth-order valence-corrected chi connectivity index (χ4v) is 0.345. The van der Waals surface area contributed by atoms with Crippen molar-refractivity contribution in [3.8, 4) is 0 Å². The van der Waals surface area contributed by atoms with E-state index in [1.54, 1.807) is 0 Å². The van der Waals surface area contributed by atoms with Gasteiger partial charge in [0.25, 0.3) is 0 Å². The molecule has 3 heteroatoms. The van der Waals surface area contributed by atoms with Crippen molar-refractivity contribution in [1.82, 2.24) is 0 Å². The summed E-state index contributed by atoms with van der Waals surface area (Å²) in [5.74, 6) is -1.48. The van der Waals surface area contributed by atoms with Crippen molar-refractivity contribution in [2.75, 3.05) is 0 Å². The Morgan fingerprint density at radius 3 is 2.10 bits per heavy atom. The lowest BCUT2D eigenvalue weighted by Crippen LogP contribution is -1.80. The number of aldehydes is 1. The average molecular weight is 146 g/mol. The molecular weight excluding hydrogens is 138 g/mol. The van der Waals surface area contributed by atoms with Crippen molar-refractivity contribution < 1.29 is 13.6 Å². The van der Waals surface area contributed by atoms with Gasteiger partial charge in [0.1, 0.15) is 12.1 Å². The van der Waals surface area contributed by atoms with Crippen molar-refractivity contribution in [2.24, 2.45) is 0 Å². The highest BCUT2D eigenvalue weighted by atomic mass is 19.1. The van der Waals surface area contributed by atoms with Crippen LogP contribution in [0.4, 0.5) is 8.78 Å². The average Bonchev–Trinajstić information content (AvgIpc) is 1.85. The Labute approximate surface area is 58.0 Å². The fourth-order valence-electron chi connectivity index (χ4n) is 0.345. The lowest BCUT2D eigenvalue weighted by molar-refractivity contribution is -0.104. The minimum Gasteiger partial charge on any atom is -0.298 e. The maximum Gasteiger partial charge on any atom is 0.148 e. The molecule has 0 saturated heterocycles. The molecule has 0 rings (SSSR count). The Bertz CT molecular complexity index is 188. The number of carbonyl (C=O) groups excluding carboxylic acids is 1. The van der Waals surface area contributed by atoms with E-state index in [1.807, 2.05) is 0 Å². The van der Waals surface area contributed by atoms with E-state index in [0.29, 0.717) is 12.4 Å². The zero-order valence-electron chi connectivity index (χ0n) is 5.82. The Hall–Kier alpha value is -0.990. The van der Waals surface area contributed by atoms with E-state index in [9.17, 15) is 13.6 Å². The maximum atomic E-state index is 12.4. The summed E-state index contributed by atoms with van der Waals surface area (Å²) in [5.41, 5.74) is -0.1000. The summed E-state index contributed by atoms with van der Waals surface area (Å²) >= 11 is 0. The standard InChI is InChI=1S/C7H8F2O/c1-5(4-10)7(9)3-6(2)8/h3-4H,1-2H3/b6-3+,7-5-. The lowest BCUT2D eigenvalue weighted by atomic mass is 10.3. The molecule has 0 fully saturated rings. The van der Waals surface area contributed by atoms with Crippen LogP contribution in [0.2, 0.25) is 0 Å². The summed E-state index contributed by atoms with van der Waals surface area (Å²) in [5, 5.41) is 0. The van der Waals surface area contributed by atoms with Crippen molar-refractivity contribution in [1.29, 1.82) is 0 Å². The van der Waals surface area contributed by atoms with Crippen molar-refractivity contribution in [3.63, 3.8) is 0 Å². The van der Waals surface area contributed by atoms with Crippen LogP contribution in [-0.4, -0.2) is 6.29 Å². The number of rotatable bonds is 2. The summed E-state index contributed by atoms with van der Waals surface area (Å²) in [6.45, 7) is 2.39. The Balaban J connectivity index is 4.48. The summed E-state index contributed by atoms with van der Waals surface area (Å²) in [6, 6.07) is 0. The lowest BCUT2D eigenvalue weighted by Gasteiger charge is -1.88. The topological polar surface area (TPSA) is 17.1 Å². The highest BCUT2D eigenvalue weighted by Crippen LogP contribution is 2.08. The van der Waals surface area contributed by atoms with Gasteiger partial charge in [0, 0.05) is 11.6 Å². The van der Waals surface area contributed by atoms with Crippen LogP contribution in [-0.2, 0) is 4.79 Å². The van der Waals surface area contributed by atoms with E-state index < -0.39 is 11.7 Å². The highest BCUT2D eigenvalue weighted by Gasteiger charge is 1.96. The first-order valence-electron chi connectivity index (χ1n) is 2.73. The van der Waals surface area contributed by atoms with E-state index in [2.05, 4.69) is 0 Å². The monoisotopic (exact) mass is 146 g/mol. The van der Waals surface area contributed by atoms with Gasteiger partial charge in [0.05, 0.1) is 5.83 Å². The molecule has 0 amide bonds. The van der Waals surface area contributed by atoms with Gasteiger partial charge in [0.2, 0.25) is 0 Å². The third-order valence-corrected chi connectivity index (χ3v) is 0.879. The van der Waals surface area contributed by atoms with Crippen molar-refractivity contribution >= 4 is 6.29 Å². The first-order valence-corrected chi connectivity index (χ1v) is 2.73. The SMILES string of the molecule is C/C(C=O)=C(F)\C=C(/C)F. The van der Waals surface area contributed by atoms with Crippen LogP contribution in [0.15, 0.2) is 23.3 Å². The minimum absolute atomic E-state index is 0.1000. The molecule has 0 aromatic rings. The number of halogens is 2. The molecule has 0 N–H and O–H groups in total. The predicted molar refractivity (Wildman–Crippen MR) is 34.7 cm³/mol. The first-order chi connectivity index (χ1) is 4.57. The zero-order chi connectivity index (χ0) is 8.15. The molecule has 0 aliphatic carbocycles. The van der Waals surface area contributed by atoms with Crippen LogP contribution in [0.3, 0.4) is 0 Å². The number of allylic oxidation sites excluding steroid dienone is 4.